The van der Waals surface area contributed by atoms with Gasteiger partial charge in [-0.25, -0.2) is 4.79 Å². The van der Waals surface area contributed by atoms with Crippen molar-refractivity contribution in [2.75, 3.05) is 13.1 Å². The van der Waals surface area contributed by atoms with Gasteiger partial charge in [0.15, 0.2) is 0 Å². The number of ether oxygens (including phenoxy) is 1. The third-order valence-corrected chi connectivity index (χ3v) is 6.07. The molecule has 7 heteroatoms. The van der Waals surface area contributed by atoms with Gasteiger partial charge in [-0.05, 0) is 43.9 Å². The van der Waals surface area contributed by atoms with Gasteiger partial charge in [-0.2, -0.15) is 0 Å². The average Bonchev–Trinajstić information content (AvgIpc) is 2.69. The summed E-state index contributed by atoms with van der Waals surface area (Å²) in [5, 5.41) is 20.1. The van der Waals surface area contributed by atoms with Gasteiger partial charge in [-0.3, -0.25) is 10.4 Å². The number of hydrogen-bond donors (Lipinski definition) is 3. The number of aromatic nitrogens is 1. The van der Waals surface area contributed by atoms with E-state index in [9.17, 15) is 9.90 Å². The lowest BCUT2D eigenvalue weighted by Crippen LogP contribution is -2.66. The van der Waals surface area contributed by atoms with Crippen LogP contribution in [0.3, 0.4) is 0 Å². The molecular weight excluding hydrogens is 404 g/mol. The van der Waals surface area contributed by atoms with Crippen molar-refractivity contribution in [2.45, 2.75) is 58.7 Å². The third kappa shape index (κ3) is 4.35. The number of amides is 1. The number of amidine groups is 1. The fourth-order valence-corrected chi connectivity index (χ4v) is 4.24. The van der Waals surface area contributed by atoms with Crippen LogP contribution in [0.15, 0.2) is 42.7 Å². The van der Waals surface area contributed by atoms with E-state index in [-0.39, 0.29) is 5.84 Å². The molecule has 1 saturated heterocycles. The van der Waals surface area contributed by atoms with Gasteiger partial charge in [0.05, 0.1) is 0 Å². The Morgan fingerprint density at radius 1 is 1.19 bits per heavy atom. The third-order valence-electron chi connectivity index (χ3n) is 6.07. The van der Waals surface area contributed by atoms with Crippen molar-refractivity contribution < 1.29 is 14.6 Å². The molecule has 1 aliphatic rings. The van der Waals surface area contributed by atoms with Gasteiger partial charge in [-0.1, -0.05) is 45.0 Å². The maximum Gasteiger partial charge on any atom is 0.410 e. The molecule has 1 unspecified atom stereocenters. The molecule has 32 heavy (non-hydrogen) atoms. The Bertz CT molecular complexity index is 1000. The van der Waals surface area contributed by atoms with Crippen molar-refractivity contribution >= 4 is 11.9 Å². The number of benzene rings is 1. The summed E-state index contributed by atoms with van der Waals surface area (Å²) >= 11 is 0. The Kier molecular flexibility index (Phi) is 6.08. The van der Waals surface area contributed by atoms with Crippen LogP contribution in [0.1, 0.15) is 69.7 Å². The second kappa shape index (κ2) is 8.20. The van der Waals surface area contributed by atoms with E-state index in [1.54, 1.807) is 17.2 Å². The number of carbonyl (C=O) groups excluding carboxylic acids is 1. The van der Waals surface area contributed by atoms with E-state index in [0.29, 0.717) is 35.7 Å². The van der Waals surface area contributed by atoms with E-state index < -0.39 is 22.7 Å². The lowest BCUT2D eigenvalue weighted by atomic mass is 9.62. The predicted molar refractivity (Wildman–Crippen MR) is 125 cm³/mol. The van der Waals surface area contributed by atoms with Crippen LogP contribution in [0.25, 0.3) is 0 Å². The van der Waals surface area contributed by atoms with Crippen LogP contribution in [0.2, 0.25) is 0 Å². The summed E-state index contributed by atoms with van der Waals surface area (Å²) < 4.78 is 5.50. The van der Waals surface area contributed by atoms with Crippen molar-refractivity contribution in [3.05, 3.63) is 65.0 Å². The highest BCUT2D eigenvalue weighted by Crippen LogP contribution is 2.51. The number of pyridine rings is 1. The van der Waals surface area contributed by atoms with Gasteiger partial charge in [-0.15, -0.1) is 0 Å². The number of nitrogens with two attached hydrogens (primary N) is 1. The van der Waals surface area contributed by atoms with Crippen LogP contribution in [0.5, 0.6) is 0 Å². The minimum absolute atomic E-state index is 0.119. The zero-order valence-electron chi connectivity index (χ0n) is 19.8. The number of hydrogen-bond acceptors (Lipinski definition) is 5. The molecule has 0 saturated carbocycles. The molecule has 1 amide bonds. The van der Waals surface area contributed by atoms with Crippen LogP contribution < -0.4 is 5.73 Å². The van der Waals surface area contributed by atoms with E-state index in [4.69, 9.17) is 15.9 Å². The predicted octanol–water partition coefficient (Wildman–Crippen LogP) is 3.98. The van der Waals surface area contributed by atoms with Crippen molar-refractivity contribution in [3.63, 3.8) is 0 Å². The van der Waals surface area contributed by atoms with Gasteiger partial charge >= 0.3 is 6.09 Å². The summed E-state index contributed by atoms with van der Waals surface area (Å²) in [4.78, 5) is 18.4. The molecule has 2 heterocycles. The number of carbonyl (C=O) groups is 1. The first kappa shape index (κ1) is 23.7. The molecule has 1 fully saturated rings. The fraction of sp³-hybridized carbons (Fsp3) is 0.480. The number of aliphatic hydroxyl groups is 1. The lowest BCUT2D eigenvalue weighted by Gasteiger charge is -2.56. The second-order valence-corrected chi connectivity index (χ2v) is 10.3. The molecule has 4 N–H and O–H groups in total. The number of likely N-dealkylation sites (tertiary alicyclic amines) is 1. The van der Waals surface area contributed by atoms with Gasteiger partial charge in [0.1, 0.15) is 17.0 Å². The summed E-state index contributed by atoms with van der Waals surface area (Å²) in [6, 6.07) is 9.59. The van der Waals surface area contributed by atoms with Gasteiger partial charge in [0.2, 0.25) is 0 Å². The summed E-state index contributed by atoms with van der Waals surface area (Å²) in [7, 11) is 0. The Balaban J connectivity index is 2.03. The molecule has 0 radical (unpaired) electrons. The molecule has 0 aliphatic carbocycles. The molecule has 3 rings (SSSR count). The molecule has 1 aromatic heterocycles. The van der Waals surface area contributed by atoms with Crippen molar-refractivity contribution in [3.8, 4) is 0 Å². The molecule has 7 nitrogen and oxygen atoms in total. The van der Waals surface area contributed by atoms with Crippen LogP contribution in [-0.4, -0.2) is 45.6 Å². The molecule has 2 aromatic rings. The van der Waals surface area contributed by atoms with Crippen LogP contribution >= 0.6 is 0 Å². The normalized spacial score (nSPS) is 17.4. The summed E-state index contributed by atoms with van der Waals surface area (Å²) in [5.41, 5.74) is 5.80. The van der Waals surface area contributed by atoms with E-state index in [0.717, 1.165) is 0 Å². The lowest BCUT2D eigenvalue weighted by molar-refractivity contribution is -0.131. The molecule has 0 bridgehead atoms. The van der Waals surface area contributed by atoms with Gasteiger partial charge < -0.3 is 20.5 Å². The van der Waals surface area contributed by atoms with Crippen molar-refractivity contribution in [1.82, 2.24) is 9.88 Å². The van der Waals surface area contributed by atoms with E-state index in [1.807, 2.05) is 52.0 Å². The highest BCUT2D eigenvalue weighted by atomic mass is 16.6. The Labute approximate surface area is 190 Å². The van der Waals surface area contributed by atoms with Crippen LogP contribution in [0.4, 0.5) is 4.79 Å². The Hall–Kier alpha value is -2.93. The van der Waals surface area contributed by atoms with Gasteiger partial charge in [0, 0.05) is 42.0 Å². The first-order chi connectivity index (χ1) is 14.8. The van der Waals surface area contributed by atoms with Crippen LogP contribution in [0, 0.1) is 10.8 Å². The number of nitrogen functional groups attached to an aromatic ring is 1. The molecule has 1 aromatic carbocycles. The molecule has 172 valence electrons. The van der Waals surface area contributed by atoms with Crippen molar-refractivity contribution in [1.29, 1.82) is 5.41 Å². The number of rotatable bonds is 5. The van der Waals surface area contributed by atoms with Crippen LogP contribution in [-0.2, 0) is 10.3 Å². The molecule has 1 aliphatic heterocycles. The quantitative estimate of drug-likeness (QED) is 0.483. The average molecular weight is 439 g/mol. The zero-order valence-corrected chi connectivity index (χ0v) is 19.8. The summed E-state index contributed by atoms with van der Waals surface area (Å²) in [6.45, 7) is 12.3. The first-order valence-electron chi connectivity index (χ1n) is 10.9. The topological polar surface area (TPSA) is 113 Å². The minimum atomic E-state index is -1.44. The number of nitrogens with one attached hydrogen (secondary N) is 1. The van der Waals surface area contributed by atoms with Gasteiger partial charge in [0.25, 0.3) is 0 Å². The molecule has 1 atom stereocenters. The summed E-state index contributed by atoms with van der Waals surface area (Å²) in [5.74, 6) is 0.243. The Morgan fingerprint density at radius 2 is 1.78 bits per heavy atom. The molecule has 0 spiro atoms. The SMILES string of the molecule is CC(C)c1ccc(C(O)(c2cncc(C(=N)N)c2)C2(C)CN(C(=O)OC(C)(C)C)C2)cc1. The summed E-state index contributed by atoms with van der Waals surface area (Å²) in [6.07, 6.45) is 2.71. The zero-order chi connectivity index (χ0) is 23.9. The second-order valence-electron chi connectivity index (χ2n) is 10.3. The number of nitrogens with zero attached hydrogens (tertiary/aromatic N) is 2. The largest absolute Gasteiger partial charge is 0.444 e. The highest BCUT2D eigenvalue weighted by molar-refractivity contribution is 5.94. The van der Waals surface area contributed by atoms with E-state index in [2.05, 4.69) is 18.8 Å². The first-order valence-corrected chi connectivity index (χ1v) is 10.9. The Morgan fingerprint density at radius 3 is 2.28 bits per heavy atom. The minimum Gasteiger partial charge on any atom is -0.444 e. The van der Waals surface area contributed by atoms with E-state index >= 15 is 0 Å². The fourth-order valence-electron chi connectivity index (χ4n) is 4.24. The van der Waals surface area contributed by atoms with Crippen molar-refractivity contribution in [2.24, 2.45) is 11.1 Å². The van der Waals surface area contributed by atoms with E-state index in [1.165, 1.54) is 11.8 Å². The maximum absolute atomic E-state index is 12.6. The monoisotopic (exact) mass is 438 g/mol. The standard InChI is InChI=1S/C25H34N4O3/c1-16(2)17-7-9-19(10-8-17)25(31,20-11-18(21(26)27)12-28-13-20)24(6)14-29(15-24)22(30)32-23(3,4)5/h7-13,16,31H,14-15H2,1-6H3,(H3,26,27). The maximum atomic E-state index is 12.6. The smallest absolute Gasteiger partial charge is 0.410 e. The highest BCUT2D eigenvalue weighted by Gasteiger charge is 2.58. The molecular formula is C25H34N4O3.